The van der Waals surface area contributed by atoms with E-state index in [-0.39, 0.29) is 11.4 Å². The highest BCUT2D eigenvalue weighted by atomic mass is 35.5. The number of methoxy groups -OCH3 is 1. The number of ether oxygens (including phenoxy) is 2. The number of hydrogen-bond donors (Lipinski definition) is 2. The van der Waals surface area contributed by atoms with E-state index in [9.17, 15) is 9.90 Å². The van der Waals surface area contributed by atoms with Gasteiger partial charge in [0.2, 0.25) is 0 Å². The summed E-state index contributed by atoms with van der Waals surface area (Å²) in [6.45, 7) is 2.82. The topological polar surface area (TPSA) is 71.0 Å². The van der Waals surface area contributed by atoms with E-state index in [1.165, 1.54) is 0 Å². The van der Waals surface area contributed by atoms with E-state index in [0.717, 1.165) is 37.0 Å². The summed E-state index contributed by atoms with van der Waals surface area (Å²) in [5.74, 6) is 0.777. The number of carbonyl (C=O) groups excluding carboxylic acids is 1. The Morgan fingerprint density at radius 2 is 2.23 bits per heavy atom. The summed E-state index contributed by atoms with van der Waals surface area (Å²) >= 11 is 6.25. The number of piperidine rings is 1. The number of likely N-dealkylation sites (tertiary alicyclic amines) is 1. The smallest absolute Gasteiger partial charge is 0.317 e. The normalized spacial score (nSPS) is 22.7. The number of aliphatic hydroxyl groups excluding tert-OH is 1. The molecule has 3 rings (SSSR count). The summed E-state index contributed by atoms with van der Waals surface area (Å²) in [5, 5.41) is 13.5. The molecule has 2 heterocycles. The predicted molar refractivity (Wildman–Crippen MR) is 99.9 cm³/mol. The molecule has 26 heavy (non-hydrogen) atoms. The second-order valence-electron chi connectivity index (χ2n) is 7.14. The van der Waals surface area contributed by atoms with Crippen molar-refractivity contribution in [2.24, 2.45) is 0 Å². The zero-order valence-corrected chi connectivity index (χ0v) is 15.9. The Morgan fingerprint density at radius 1 is 1.46 bits per heavy atom. The first-order chi connectivity index (χ1) is 12.5. The van der Waals surface area contributed by atoms with Crippen molar-refractivity contribution in [3.05, 3.63) is 28.8 Å². The van der Waals surface area contributed by atoms with Crippen LogP contribution < -0.4 is 10.1 Å². The molecule has 0 aromatic heterocycles. The molecular weight excluding hydrogens is 356 g/mol. The molecule has 1 unspecified atom stereocenters. The number of rotatable bonds is 4. The van der Waals surface area contributed by atoms with Crippen molar-refractivity contribution >= 4 is 17.6 Å². The number of β-amino-alcohol motifs (C(OH)–C–C–N with tert-alkyl or cyclic N) is 1. The van der Waals surface area contributed by atoms with Gasteiger partial charge < -0.3 is 24.8 Å². The van der Waals surface area contributed by atoms with Crippen molar-refractivity contribution in [1.29, 1.82) is 0 Å². The Kier molecular flexibility index (Phi) is 6.27. The van der Waals surface area contributed by atoms with Gasteiger partial charge in [0.05, 0.1) is 13.2 Å². The third kappa shape index (κ3) is 4.24. The standard InChI is InChI=1S/C19H27ClN2O4/c1-25-17-5-4-14(20)11-16(17)19(6-9-26-10-7-19)13-21-18(24)22-8-2-3-15(23)12-22/h4-5,11,15,23H,2-3,6-10,12-13H2,1H3,(H,21,24). The maximum atomic E-state index is 12.6. The summed E-state index contributed by atoms with van der Waals surface area (Å²) in [6.07, 6.45) is 2.72. The average molecular weight is 383 g/mol. The maximum absolute atomic E-state index is 12.6. The van der Waals surface area contributed by atoms with Crippen LogP contribution in [0.4, 0.5) is 4.79 Å². The first kappa shape index (κ1) is 19.3. The van der Waals surface area contributed by atoms with Crippen LogP contribution >= 0.6 is 11.6 Å². The molecule has 2 aliphatic rings. The van der Waals surface area contributed by atoms with Crippen LogP contribution in [0.15, 0.2) is 18.2 Å². The molecule has 1 atom stereocenters. The number of urea groups is 1. The summed E-state index contributed by atoms with van der Waals surface area (Å²) in [6, 6.07) is 5.49. The molecule has 0 saturated carbocycles. The minimum Gasteiger partial charge on any atom is -0.496 e. The fraction of sp³-hybridized carbons (Fsp3) is 0.632. The Morgan fingerprint density at radius 3 is 2.92 bits per heavy atom. The molecule has 0 spiro atoms. The number of nitrogens with zero attached hydrogens (tertiary/aromatic N) is 1. The molecule has 2 fully saturated rings. The Bertz CT molecular complexity index is 634. The van der Waals surface area contributed by atoms with Crippen LogP contribution in [-0.2, 0) is 10.2 Å². The molecule has 0 radical (unpaired) electrons. The third-order valence-corrected chi connectivity index (χ3v) is 5.68. The molecule has 0 aliphatic carbocycles. The van der Waals surface area contributed by atoms with Crippen LogP contribution in [-0.4, -0.2) is 62.1 Å². The lowest BCUT2D eigenvalue weighted by atomic mass is 9.73. The molecule has 0 bridgehead atoms. The second kappa shape index (κ2) is 8.46. The number of nitrogens with one attached hydrogen (secondary N) is 1. The number of amides is 2. The monoisotopic (exact) mass is 382 g/mol. The quantitative estimate of drug-likeness (QED) is 0.839. The van der Waals surface area contributed by atoms with Gasteiger partial charge in [-0.3, -0.25) is 0 Å². The van der Waals surface area contributed by atoms with Gasteiger partial charge in [-0.15, -0.1) is 0 Å². The van der Waals surface area contributed by atoms with Gasteiger partial charge >= 0.3 is 6.03 Å². The lowest BCUT2D eigenvalue weighted by Gasteiger charge is -2.39. The Labute approximate surface area is 159 Å². The van der Waals surface area contributed by atoms with E-state index in [4.69, 9.17) is 21.1 Å². The van der Waals surface area contributed by atoms with Gasteiger partial charge in [-0.2, -0.15) is 0 Å². The predicted octanol–water partition coefficient (Wildman–Crippen LogP) is 2.56. The summed E-state index contributed by atoms with van der Waals surface area (Å²) in [7, 11) is 1.65. The lowest BCUT2D eigenvalue weighted by molar-refractivity contribution is 0.0479. The molecule has 7 heteroatoms. The molecule has 2 aliphatic heterocycles. The molecule has 144 valence electrons. The van der Waals surface area contributed by atoms with E-state index >= 15 is 0 Å². The van der Waals surface area contributed by atoms with E-state index in [1.54, 1.807) is 12.0 Å². The fourth-order valence-electron chi connectivity index (χ4n) is 3.89. The third-order valence-electron chi connectivity index (χ3n) is 5.44. The maximum Gasteiger partial charge on any atom is 0.317 e. The molecule has 2 saturated heterocycles. The minimum atomic E-state index is -0.431. The van der Waals surface area contributed by atoms with Gasteiger partial charge in [-0.1, -0.05) is 11.6 Å². The van der Waals surface area contributed by atoms with Crippen LogP contribution in [0.2, 0.25) is 5.02 Å². The van der Waals surface area contributed by atoms with Crippen LogP contribution in [0.3, 0.4) is 0 Å². The molecule has 2 N–H and O–H groups in total. The summed E-state index contributed by atoms with van der Waals surface area (Å²) < 4.78 is 11.1. The number of halogens is 1. The van der Waals surface area contributed by atoms with Crippen molar-refractivity contribution in [2.75, 3.05) is 40.0 Å². The number of benzene rings is 1. The first-order valence-corrected chi connectivity index (χ1v) is 9.54. The van der Waals surface area contributed by atoms with Crippen LogP contribution in [0.25, 0.3) is 0 Å². The summed E-state index contributed by atoms with van der Waals surface area (Å²) in [4.78, 5) is 14.3. The molecule has 1 aromatic rings. The van der Waals surface area contributed by atoms with Crippen LogP contribution in [0, 0.1) is 0 Å². The van der Waals surface area contributed by atoms with Crippen molar-refractivity contribution in [1.82, 2.24) is 10.2 Å². The van der Waals surface area contributed by atoms with Crippen molar-refractivity contribution in [2.45, 2.75) is 37.2 Å². The number of carbonyl (C=O) groups is 1. The highest BCUT2D eigenvalue weighted by Crippen LogP contribution is 2.40. The van der Waals surface area contributed by atoms with E-state index in [2.05, 4.69) is 5.32 Å². The largest absolute Gasteiger partial charge is 0.496 e. The van der Waals surface area contributed by atoms with Crippen molar-refractivity contribution in [3.8, 4) is 5.75 Å². The van der Waals surface area contributed by atoms with Gasteiger partial charge in [0.15, 0.2) is 0 Å². The first-order valence-electron chi connectivity index (χ1n) is 9.17. The minimum absolute atomic E-state index is 0.129. The van der Waals surface area contributed by atoms with Crippen molar-refractivity contribution in [3.63, 3.8) is 0 Å². The van der Waals surface area contributed by atoms with E-state index < -0.39 is 6.10 Å². The van der Waals surface area contributed by atoms with Crippen molar-refractivity contribution < 1.29 is 19.4 Å². The van der Waals surface area contributed by atoms with Gasteiger partial charge in [-0.25, -0.2) is 4.79 Å². The van der Waals surface area contributed by atoms with E-state index in [0.29, 0.717) is 37.9 Å². The number of hydrogen-bond acceptors (Lipinski definition) is 4. The van der Waals surface area contributed by atoms with Crippen LogP contribution in [0.1, 0.15) is 31.2 Å². The molecule has 6 nitrogen and oxygen atoms in total. The fourth-order valence-corrected chi connectivity index (χ4v) is 4.07. The average Bonchev–Trinajstić information content (AvgIpc) is 2.67. The Hall–Kier alpha value is -1.50. The zero-order valence-electron chi connectivity index (χ0n) is 15.2. The van der Waals surface area contributed by atoms with Gasteiger partial charge in [0.1, 0.15) is 5.75 Å². The van der Waals surface area contributed by atoms with E-state index in [1.807, 2.05) is 18.2 Å². The molecule has 1 aromatic carbocycles. The second-order valence-corrected chi connectivity index (χ2v) is 7.57. The highest BCUT2D eigenvalue weighted by molar-refractivity contribution is 6.30. The summed E-state index contributed by atoms with van der Waals surface area (Å²) in [5.41, 5.74) is 0.730. The highest BCUT2D eigenvalue weighted by Gasteiger charge is 2.38. The Balaban J connectivity index is 1.78. The van der Waals surface area contributed by atoms with Gasteiger partial charge in [-0.05, 0) is 43.9 Å². The zero-order chi connectivity index (χ0) is 18.6. The molecular formula is C19H27ClN2O4. The SMILES string of the molecule is COc1ccc(Cl)cc1C1(CNC(=O)N2CCCC(O)C2)CCOCC1. The van der Waals surface area contributed by atoms with Crippen LogP contribution in [0.5, 0.6) is 5.75 Å². The van der Waals surface area contributed by atoms with Gasteiger partial charge in [0, 0.05) is 48.8 Å². The molecule has 2 amide bonds. The number of aliphatic hydroxyl groups is 1. The van der Waals surface area contributed by atoms with Gasteiger partial charge in [0.25, 0.3) is 0 Å². The lowest BCUT2D eigenvalue weighted by Crippen LogP contribution is -2.51.